The van der Waals surface area contributed by atoms with Crippen molar-refractivity contribution in [2.75, 3.05) is 6.54 Å². The molecule has 3 nitrogen and oxygen atoms in total. The summed E-state index contributed by atoms with van der Waals surface area (Å²) in [6, 6.07) is 0. The first kappa shape index (κ1) is 14.6. The molecule has 108 valence electrons. The Morgan fingerprint density at radius 3 is 2.68 bits per heavy atom. The van der Waals surface area contributed by atoms with Crippen molar-refractivity contribution in [3.63, 3.8) is 0 Å². The van der Waals surface area contributed by atoms with Crippen LogP contribution < -0.4 is 5.32 Å². The summed E-state index contributed by atoms with van der Waals surface area (Å²) in [6.07, 6.45) is 10.9. The standard InChI is InChI=1S/C16H29N3/c1-16(2,3)17-11-15-7-5-6-14(15)9-8-13-10-18-19(4)12-13/h10,12,14-15,17H,5-9,11H2,1-4H3. The van der Waals surface area contributed by atoms with Crippen molar-refractivity contribution in [3.05, 3.63) is 18.0 Å². The van der Waals surface area contributed by atoms with E-state index in [2.05, 4.69) is 37.4 Å². The van der Waals surface area contributed by atoms with Crippen molar-refractivity contribution in [2.45, 2.75) is 58.4 Å². The van der Waals surface area contributed by atoms with Crippen LogP contribution in [0, 0.1) is 11.8 Å². The molecule has 2 atom stereocenters. The monoisotopic (exact) mass is 263 g/mol. The second-order valence-corrected chi connectivity index (χ2v) is 7.14. The lowest BCUT2D eigenvalue weighted by molar-refractivity contribution is 0.307. The normalized spacial score (nSPS) is 24.0. The summed E-state index contributed by atoms with van der Waals surface area (Å²) in [4.78, 5) is 0. The second kappa shape index (κ2) is 6.08. The Morgan fingerprint density at radius 2 is 2.05 bits per heavy atom. The molecule has 1 aliphatic rings. The summed E-state index contributed by atoms with van der Waals surface area (Å²) in [7, 11) is 2.00. The third-order valence-corrected chi connectivity index (χ3v) is 4.27. The molecule has 0 radical (unpaired) electrons. The third kappa shape index (κ3) is 4.64. The average Bonchev–Trinajstić information content (AvgIpc) is 2.91. The van der Waals surface area contributed by atoms with Gasteiger partial charge in [0, 0.05) is 18.8 Å². The molecule has 1 N–H and O–H groups in total. The van der Waals surface area contributed by atoms with Gasteiger partial charge >= 0.3 is 0 Å². The molecule has 0 amide bonds. The molecule has 1 aliphatic carbocycles. The van der Waals surface area contributed by atoms with Gasteiger partial charge in [0.05, 0.1) is 6.20 Å². The molecule has 1 saturated carbocycles. The molecule has 3 heteroatoms. The minimum Gasteiger partial charge on any atom is -0.312 e. The zero-order valence-corrected chi connectivity index (χ0v) is 12.9. The van der Waals surface area contributed by atoms with Crippen LogP contribution in [-0.4, -0.2) is 21.9 Å². The van der Waals surface area contributed by atoms with Crippen molar-refractivity contribution in [3.8, 4) is 0 Å². The minimum atomic E-state index is 0.247. The Balaban J connectivity index is 1.78. The van der Waals surface area contributed by atoms with E-state index in [1.54, 1.807) is 0 Å². The summed E-state index contributed by atoms with van der Waals surface area (Å²) in [5.41, 5.74) is 1.63. The van der Waals surface area contributed by atoms with Crippen LogP contribution in [0.25, 0.3) is 0 Å². The van der Waals surface area contributed by atoms with Gasteiger partial charge in [0.15, 0.2) is 0 Å². The summed E-state index contributed by atoms with van der Waals surface area (Å²) in [6.45, 7) is 7.95. The van der Waals surface area contributed by atoms with E-state index in [0.717, 1.165) is 11.8 Å². The molecule has 0 aliphatic heterocycles. The number of rotatable bonds is 5. The first-order valence-corrected chi connectivity index (χ1v) is 7.66. The van der Waals surface area contributed by atoms with Gasteiger partial charge in [-0.05, 0) is 64.0 Å². The lowest BCUT2D eigenvalue weighted by Crippen LogP contribution is -2.39. The molecule has 0 spiro atoms. The maximum atomic E-state index is 4.25. The van der Waals surface area contributed by atoms with Gasteiger partial charge in [-0.1, -0.05) is 12.8 Å². The van der Waals surface area contributed by atoms with E-state index < -0.39 is 0 Å². The predicted octanol–water partition coefficient (Wildman–Crippen LogP) is 3.16. The van der Waals surface area contributed by atoms with E-state index in [9.17, 15) is 0 Å². The highest BCUT2D eigenvalue weighted by Crippen LogP contribution is 2.34. The van der Waals surface area contributed by atoms with Crippen LogP contribution in [0.15, 0.2) is 12.4 Å². The van der Waals surface area contributed by atoms with Gasteiger partial charge in [-0.15, -0.1) is 0 Å². The first-order valence-electron chi connectivity index (χ1n) is 7.66. The van der Waals surface area contributed by atoms with Crippen LogP contribution in [-0.2, 0) is 13.5 Å². The van der Waals surface area contributed by atoms with Gasteiger partial charge in [0.2, 0.25) is 0 Å². The smallest absolute Gasteiger partial charge is 0.0521 e. The highest BCUT2D eigenvalue weighted by Gasteiger charge is 2.27. The summed E-state index contributed by atoms with van der Waals surface area (Å²) >= 11 is 0. The molecular formula is C16H29N3. The Hall–Kier alpha value is -0.830. The van der Waals surface area contributed by atoms with E-state index in [0.29, 0.717) is 0 Å². The number of hydrogen-bond donors (Lipinski definition) is 1. The molecule has 1 aromatic heterocycles. The van der Waals surface area contributed by atoms with Crippen molar-refractivity contribution in [2.24, 2.45) is 18.9 Å². The van der Waals surface area contributed by atoms with Gasteiger partial charge in [0.25, 0.3) is 0 Å². The minimum absolute atomic E-state index is 0.247. The van der Waals surface area contributed by atoms with Gasteiger partial charge in [-0.3, -0.25) is 4.68 Å². The quantitative estimate of drug-likeness (QED) is 0.884. The first-order chi connectivity index (χ1) is 8.94. The molecule has 0 bridgehead atoms. The number of nitrogens with one attached hydrogen (secondary N) is 1. The fraction of sp³-hybridized carbons (Fsp3) is 0.812. The van der Waals surface area contributed by atoms with Crippen LogP contribution in [0.4, 0.5) is 0 Å². The Kier molecular flexibility index (Phi) is 4.67. The predicted molar refractivity (Wildman–Crippen MR) is 80.1 cm³/mol. The average molecular weight is 263 g/mol. The highest BCUT2D eigenvalue weighted by molar-refractivity contribution is 5.04. The fourth-order valence-electron chi connectivity index (χ4n) is 3.15. The van der Waals surface area contributed by atoms with E-state index in [1.165, 1.54) is 44.2 Å². The zero-order valence-electron chi connectivity index (χ0n) is 12.9. The molecular weight excluding hydrogens is 234 g/mol. The number of hydrogen-bond acceptors (Lipinski definition) is 2. The van der Waals surface area contributed by atoms with Crippen molar-refractivity contribution >= 4 is 0 Å². The lowest BCUT2D eigenvalue weighted by atomic mass is 9.90. The number of aryl methyl sites for hydroxylation is 2. The SMILES string of the molecule is Cn1cc(CCC2CCCC2CNC(C)(C)C)cn1. The second-order valence-electron chi connectivity index (χ2n) is 7.14. The molecule has 2 unspecified atom stereocenters. The largest absolute Gasteiger partial charge is 0.312 e. The number of aromatic nitrogens is 2. The van der Waals surface area contributed by atoms with Crippen molar-refractivity contribution in [1.29, 1.82) is 0 Å². The van der Waals surface area contributed by atoms with Crippen molar-refractivity contribution < 1.29 is 0 Å². The van der Waals surface area contributed by atoms with Crippen molar-refractivity contribution in [1.82, 2.24) is 15.1 Å². The maximum absolute atomic E-state index is 4.25. The molecule has 1 heterocycles. The lowest BCUT2D eigenvalue weighted by Gasteiger charge is -2.26. The molecule has 0 aromatic carbocycles. The Morgan fingerprint density at radius 1 is 1.32 bits per heavy atom. The molecule has 1 fully saturated rings. The molecule has 19 heavy (non-hydrogen) atoms. The topological polar surface area (TPSA) is 29.9 Å². The highest BCUT2D eigenvalue weighted by atomic mass is 15.2. The molecule has 1 aromatic rings. The van der Waals surface area contributed by atoms with Crippen LogP contribution in [0.3, 0.4) is 0 Å². The van der Waals surface area contributed by atoms with Crippen LogP contribution >= 0.6 is 0 Å². The third-order valence-electron chi connectivity index (χ3n) is 4.27. The van der Waals surface area contributed by atoms with Crippen LogP contribution in [0.1, 0.15) is 52.0 Å². The Bertz CT molecular complexity index is 389. The van der Waals surface area contributed by atoms with E-state index in [4.69, 9.17) is 0 Å². The molecule has 2 rings (SSSR count). The van der Waals surface area contributed by atoms with E-state index in [-0.39, 0.29) is 5.54 Å². The fourth-order valence-corrected chi connectivity index (χ4v) is 3.15. The summed E-state index contributed by atoms with van der Waals surface area (Å²) in [5, 5.41) is 7.93. The van der Waals surface area contributed by atoms with Crippen LogP contribution in [0.2, 0.25) is 0 Å². The Labute approximate surface area is 117 Å². The maximum Gasteiger partial charge on any atom is 0.0521 e. The van der Waals surface area contributed by atoms with Crippen LogP contribution in [0.5, 0.6) is 0 Å². The summed E-state index contributed by atoms with van der Waals surface area (Å²) < 4.78 is 1.91. The molecule has 0 saturated heterocycles. The van der Waals surface area contributed by atoms with Gasteiger partial charge in [-0.2, -0.15) is 5.10 Å². The summed E-state index contributed by atoms with van der Waals surface area (Å²) in [5.74, 6) is 1.77. The van der Waals surface area contributed by atoms with Gasteiger partial charge in [0.1, 0.15) is 0 Å². The number of nitrogens with zero attached hydrogens (tertiary/aromatic N) is 2. The van der Waals surface area contributed by atoms with Gasteiger partial charge in [-0.25, -0.2) is 0 Å². The van der Waals surface area contributed by atoms with Gasteiger partial charge < -0.3 is 5.32 Å². The van der Waals surface area contributed by atoms with E-state index in [1.807, 2.05) is 17.9 Å². The zero-order chi connectivity index (χ0) is 13.9. The van der Waals surface area contributed by atoms with E-state index >= 15 is 0 Å².